The predicted molar refractivity (Wildman–Crippen MR) is 81.7 cm³/mol. The second-order valence-electron chi connectivity index (χ2n) is 5.66. The number of nitrogens with one attached hydrogen (secondary N) is 1. The summed E-state index contributed by atoms with van der Waals surface area (Å²) in [5.41, 5.74) is 1.75. The van der Waals surface area contributed by atoms with Crippen molar-refractivity contribution in [3.63, 3.8) is 0 Å². The van der Waals surface area contributed by atoms with Crippen molar-refractivity contribution < 1.29 is 5.11 Å². The fourth-order valence-corrected chi connectivity index (χ4v) is 2.40. The van der Waals surface area contributed by atoms with Crippen LogP contribution < -0.4 is 5.32 Å². The first-order valence-corrected chi connectivity index (χ1v) is 7.35. The van der Waals surface area contributed by atoms with Gasteiger partial charge in [0.05, 0.1) is 6.61 Å². The van der Waals surface area contributed by atoms with Crippen LogP contribution in [0.3, 0.4) is 0 Å². The van der Waals surface area contributed by atoms with Crippen molar-refractivity contribution in [3.8, 4) is 11.4 Å². The average molecular weight is 284 g/mol. The Morgan fingerprint density at radius 3 is 2.81 bits per heavy atom. The molecule has 2 N–H and O–H groups in total. The summed E-state index contributed by atoms with van der Waals surface area (Å²) in [7, 11) is 0. The van der Waals surface area contributed by atoms with Crippen LogP contribution in [-0.4, -0.2) is 26.1 Å². The molecule has 0 bridgehead atoms. The van der Waals surface area contributed by atoms with Crippen LogP contribution in [0.2, 0.25) is 0 Å². The molecule has 1 aliphatic rings. The van der Waals surface area contributed by atoms with E-state index in [1.807, 2.05) is 31.2 Å². The Kier molecular flexibility index (Phi) is 3.84. The Morgan fingerprint density at radius 1 is 1.29 bits per heavy atom. The predicted octanol–water partition coefficient (Wildman–Crippen LogP) is 2.55. The molecule has 5 heteroatoms. The van der Waals surface area contributed by atoms with Gasteiger partial charge in [-0.1, -0.05) is 18.2 Å². The second kappa shape index (κ2) is 5.77. The van der Waals surface area contributed by atoms with E-state index in [4.69, 9.17) is 0 Å². The molecule has 0 unspecified atom stereocenters. The van der Waals surface area contributed by atoms with E-state index in [9.17, 15) is 5.11 Å². The minimum atomic E-state index is 0.0156. The zero-order valence-electron chi connectivity index (χ0n) is 12.4. The van der Waals surface area contributed by atoms with Gasteiger partial charge in [0.1, 0.15) is 5.82 Å². The van der Waals surface area contributed by atoms with E-state index in [1.165, 1.54) is 12.8 Å². The van der Waals surface area contributed by atoms with Crippen LogP contribution >= 0.6 is 0 Å². The van der Waals surface area contributed by atoms with Crippen molar-refractivity contribution in [2.24, 2.45) is 5.92 Å². The summed E-state index contributed by atoms with van der Waals surface area (Å²) in [4.78, 5) is 13.3. The van der Waals surface area contributed by atoms with Gasteiger partial charge in [-0.25, -0.2) is 4.98 Å². The lowest BCUT2D eigenvalue weighted by molar-refractivity contribution is 0.282. The van der Waals surface area contributed by atoms with E-state index < -0.39 is 0 Å². The molecule has 1 heterocycles. The number of hydrogen-bond donors (Lipinski definition) is 2. The fourth-order valence-electron chi connectivity index (χ4n) is 2.40. The largest absolute Gasteiger partial charge is 0.392 e. The maximum atomic E-state index is 9.24. The zero-order valence-corrected chi connectivity index (χ0v) is 12.4. The lowest BCUT2D eigenvalue weighted by atomic mass is 10.1. The number of benzene rings is 1. The van der Waals surface area contributed by atoms with E-state index in [0.29, 0.717) is 23.6 Å². The van der Waals surface area contributed by atoms with Crippen molar-refractivity contribution in [2.75, 3.05) is 5.32 Å². The summed E-state index contributed by atoms with van der Waals surface area (Å²) >= 11 is 0. The minimum absolute atomic E-state index is 0.0156. The van der Waals surface area contributed by atoms with Crippen LogP contribution in [0, 0.1) is 12.8 Å². The molecule has 1 atom stereocenters. The molecule has 5 nitrogen and oxygen atoms in total. The summed E-state index contributed by atoms with van der Waals surface area (Å²) in [6, 6.07) is 8.03. The Balaban J connectivity index is 1.88. The van der Waals surface area contributed by atoms with Crippen LogP contribution in [0.25, 0.3) is 11.4 Å². The summed E-state index contributed by atoms with van der Waals surface area (Å²) in [5, 5.41) is 12.6. The van der Waals surface area contributed by atoms with Crippen LogP contribution in [0.15, 0.2) is 24.3 Å². The van der Waals surface area contributed by atoms with Crippen molar-refractivity contribution in [1.29, 1.82) is 0 Å². The number of aromatic nitrogens is 3. The summed E-state index contributed by atoms with van der Waals surface area (Å²) in [6.07, 6.45) is 2.56. The van der Waals surface area contributed by atoms with Crippen LogP contribution in [0.5, 0.6) is 0 Å². The van der Waals surface area contributed by atoms with Gasteiger partial charge in [0.2, 0.25) is 5.95 Å². The number of aryl methyl sites for hydroxylation is 1. The molecule has 0 aliphatic heterocycles. The normalized spacial score (nSPS) is 15.8. The number of rotatable bonds is 5. The Hall–Kier alpha value is -2.01. The molecule has 1 aliphatic carbocycles. The molecule has 2 aromatic rings. The first-order chi connectivity index (χ1) is 10.2. The molecule has 1 saturated carbocycles. The number of nitrogens with zero attached hydrogens (tertiary/aromatic N) is 3. The van der Waals surface area contributed by atoms with E-state index in [-0.39, 0.29) is 6.61 Å². The summed E-state index contributed by atoms with van der Waals surface area (Å²) in [5.74, 6) is 2.71. The molecule has 3 rings (SSSR count). The average Bonchev–Trinajstić information content (AvgIpc) is 3.31. The van der Waals surface area contributed by atoms with Gasteiger partial charge < -0.3 is 10.4 Å². The molecule has 21 heavy (non-hydrogen) atoms. The third kappa shape index (κ3) is 3.36. The van der Waals surface area contributed by atoms with Gasteiger partial charge in [0.25, 0.3) is 0 Å². The molecule has 0 radical (unpaired) electrons. The third-order valence-corrected chi connectivity index (χ3v) is 3.80. The quantitative estimate of drug-likeness (QED) is 0.883. The number of aliphatic hydroxyl groups excluding tert-OH is 1. The highest BCUT2D eigenvalue weighted by molar-refractivity contribution is 5.57. The van der Waals surface area contributed by atoms with E-state index in [0.717, 1.165) is 17.0 Å². The molecular formula is C16H20N4O. The molecular weight excluding hydrogens is 264 g/mol. The van der Waals surface area contributed by atoms with E-state index in [2.05, 4.69) is 27.2 Å². The van der Waals surface area contributed by atoms with Gasteiger partial charge in [-0.2, -0.15) is 9.97 Å². The first kappa shape index (κ1) is 13.9. The monoisotopic (exact) mass is 284 g/mol. The molecule has 1 fully saturated rings. The SMILES string of the molecule is Cc1nc(N[C@H](C)C2CC2)nc(-c2cccc(CO)c2)n1. The number of aliphatic hydroxyl groups is 1. The second-order valence-corrected chi connectivity index (χ2v) is 5.66. The van der Waals surface area contributed by atoms with Gasteiger partial charge in [-0.3, -0.25) is 0 Å². The van der Waals surface area contributed by atoms with Crippen LogP contribution in [0.1, 0.15) is 31.2 Å². The third-order valence-electron chi connectivity index (χ3n) is 3.80. The Labute approximate surface area is 124 Å². The van der Waals surface area contributed by atoms with Crippen LogP contribution in [0.4, 0.5) is 5.95 Å². The highest BCUT2D eigenvalue weighted by atomic mass is 16.3. The van der Waals surface area contributed by atoms with E-state index in [1.54, 1.807) is 0 Å². The van der Waals surface area contributed by atoms with Crippen molar-refractivity contribution in [2.45, 2.75) is 39.3 Å². The maximum Gasteiger partial charge on any atom is 0.226 e. The van der Waals surface area contributed by atoms with Crippen molar-refractivity contribution >= 4 is 5.95 Å². The van der Waals surface area contributed by atoms with Gasteiger partial charge in [-0.05, 0) is 44.2 Å². The van der Waals surface area contributed by atoms with Crippen molar-refractivity contribution in [1.82, 2.24) is 15.0 Å². The van der Waals surface area contributed by atoms with Crippen LogP contribution in [-0.2, 0) is 6.61 Å². The minimum Gasteiger partial charge on any atom is -0.392 e. The number of hydrogen-bond acceptors (Lipinski definition) is 5. The van der Waals surface area contributed by atoms with Gasteiger partial charge in [-0.15, -0.1) is 0 Å². The topological polar surface area (TPSA) is 70.9 Å². The van der Waals surface area contributed by atoms with E-state index >= 15 is 0 Å². The van der Waals surface area contributed by atoms with Gasteiger partial charge >= 0.3 is 0 Å². The Morgan fingerprint density at radius 2 is 2.10 bits per heavy atom. The first-order valence-electron chi connectivity index (χ1n) is 7.35. The molecule has 1 aromatic carbocycles. The maximum absolute atomic E-state index is 9.24. The van der Waals surface area contributed by atoms with Gasteiger partial charge in [0, 0.05) is 11.6 Å². The lowest BCUT2D eigenvalue weighted by Gasteiger charge is -2.13. The molecule has 110 valence electrons. The molecule has 0 saturated heterocycles. The smallest absolute Gasteiger partial charge is 0.226 e. The van der Waals surface area contributed by atoms with Crippen molar-refractivity contribution in [3.05, 3.63) is 35.7 Å². The van der Waals surface area contributed by atoms with Gasteiger partial charge in [0.15, 0.2) is 5.82 Å². The lowest BCUT2D eigenvalue weighted by Crippen LogP contribution is -2.19. The zero-order chi connectivity index (χ0) is 14.8. The highest BCUT2D eigenvalue weighted by Gasteiger charge is 2.28. The molecule has 0 spiro atoms. The standard InChI is InChI=1S/C16H20N4O/c1-10(13-6-7-13)17-16-19-11(2)18-15(20-16)14-5-3-4-12(8-14)9-21/h3-5,8,10,13,21H,6-7,9H2,1-2H3,(H,17,18,19,20)/t10-/m1/s1. The number of anilines is 1. The Bertz CT molecular complexity index is 640. The molecule has 1 aromatic heterocycles. The fraction of sp³-hybridized carbons (Fsp3) is 0.438. The summed E-state index contributed by atoms with van der Waals surface area (Å²) < 4.78 is 0. The molecule has 0 amide bonds. The highest BCUT2D eigenvalue weighted by Crippen LogP contribution is 2.33. The summed E-state index contributed by atoms with van der Waals surface area (Å²) in [6.45, 7) is 4.05.